The molecule has 0 radical (unpaired) electrons. The van der Waals surface area contributed by atoms with Gasteiger partial charge in [0.25, 0.3) is 5.82 Å². The van der Waals surface area contributed by atoms with E-state index in [1.54, 1.807) is 5.82 Å². The van der Waals surface area contributed by atoms with E-state index in [0.29, 0.717) is 0 Å². The number of aryl methyl sites for hydroxylation is 3. The largest absolute Gasteiger partial charge is 0.256 e. The van der Waals surface area contributed by atoms with Crippen LogP contribution in [0.5, 0.6) is 0 Å². The van der Waals surface area contributed by atoms with E-state index in [0.717, 1.165) is 6.54 Å². The Labute approximate surface area is 174 Å². The first-order chi connectivity index (χ1) is 13.8. The summed E-state index contributed by atoms with van der Waals surface area (Å²) in [5.74, 6) is 1.55. The van der Waals surface area contributed by atoms with Crippen LogP contribution >= 0.6 is 0 Å². The van der Waals surface area contributed by atoms with Gasteiger partial charge in [0.2, 0.25) is 0 Å². The van der Waals surface area contributed by atoms with Gasteiger partial charge in [0.15, 0.2) is 0 Å². The van der Waals surface area contributed by atoms with Gasteiger partial charge >= 0.3 is 0 Å². The monoisotopic (exact) mass is 383 g/mol. The van der Waals surface area contributed by atoms with Crippen LogP contribution < -0.4 is 4.57 Å². The van der Waals surface area contributed by atoms with Gasteiger partial charge in [-0.05, 0) is 31.2 Å². The second-order valence-electron chi connectivity index (χ2n) is 8.27. The maximum Gasteiger partial charge on any atom is 0.256 e. The van der Waals surface area contributed by atoms with Crippen molar-refractivity contribution in [3.63, 3.8) is 0 Å². The van der Waals surface area contributed by atoms with Crippen molar-refractivity contribution in [2.75, 3.05) is 0 Å². The first kappa shape index (κ1) is 22.7. The Morgan fingerprint density at radius 3 is 2.11 bits per heavy atom. The lowest BCUT2D eigenvalue weighted by Gasteiger charge is -2.06. The highest BCUT2D eigenvalue weighted by atomic mass is 15.1. The molecule has 0 saturated carbocycles. The summed E-state index contributed by atoms with van der Waals surface area (Å²) in [5.41, 5.74) is 1.46. The van der Waals surface area contributed by atoms with Crippen molar-refractivity contribution in [1.82, 2.24) is 4.57 Å². The topological polar surface area (TPSA) is 8.81 Å². The molecule has 0 amide bonds. The van der Waals surface area contributed by atoms with E-state index in [-0.39, 0.29) is 0 Å². The molecule has 0 spiro atoms. The Bertz CT molecular complexity index is 615. The molecule has 0 saturated heterocycles. The van der Waals surface area contributed by atoms with Gasteiger partial charge in [0.1, 0.15) is 12.4 Å². The highest BCUT2D eigenvalue weighted by molar-refractivity contribution is 5.14. The summed E-state index contributed by atoms with van der Waals surface area (Å²) in [6.45, 7) is 6.90. The molecule has 156 valence electrons. The van der Waals surface area contributed by atoms with E-state index in [4.69, 9.17) is 0 Å². The lowest BCUT2D eigenvalue weighted by molar-refractivity contribution is -0.704. The number of benzene rings is 1. The zero-order valence-electron chi connectivity index (χ0n) is 18.5. The first-order valence-corrected chi connectivity index (χ1v) is 12.0. The summed E-state index contributed by atoms with van der Waals surface area (Å²) in [7, 11) is 0. The summed E-state index contributed by atoms with van der Waals surface area (Å²) in [4.78, 5) is 0. The van der Waals surface area contributed by atoms with Crippen molar-refractivity contribution in [1.29, 1.82) is 0 Å². The predicted molar refractivity (Wildman–Crippen MR) is 121 cm³/mol. The molecular formula is C26H43N2+. The number of imidazole rings is 1. The Hall–Kier alpha value is -1.57. The van der Waals surface area contributed by atoms with E-state index >= 15 is 0 Å². The second kappa shape index (κ2) is 14.4. The summed E-state index contributed by atoms with van der Waals surface area (Å²) in [5, 5.41) is 0. The van der Waals surface area contributed by atoms with E-state index < -0.39 is 0 Å². The molecule has 1 aromatic heterocycles. The predicted octanol–water partition coefficient (Wildman–Crippen LogP) is 6.89. The van der Waals surface area contributed by atoms with Gasteiger partial charge in [-0.1, -0.05) is 95.5 Å². The van der Waals surface area contributed by atoms with E-state index in [1.807, 2.05) is 0 Å². The fourth-order valence-corrected chi connectivity index (χ4v) is 4.04. The standard InChI is InChI=1S/C26H43N2/c1-3-5-7-8-9-10-11-15-20-26-27(21-6-4-2)23-24-28(26)22-16-19-25-17-13-12-14-18-25/h12-14,17-18,23-24H,3-11,15-16,19-22H2,1-2H3/q+1. The van der Waals surface area contributed by atoms with Crippen molar-refractivity contribution in [3.05, 3.63) is 54.1 Å². The number of hydrogen-bond donors (Lipinski definition) is 0. The van der Waals surface area contributed by atoms with Crippen LogP contribution in [0.25, 0.3) is 0 Å². The molecule has 0 N–H and O–H groups in total. The summed E-state index contributed by atoms with van der Waals surface area (Å²) in [6.07, 6.45) is 22.0. The van der Waals surface area contributed by atoms with E-state index in [2.05, 4.69) is 65.7 Å². The van der Waals surface area contributed by atoms with Crippen molar-refractivity contribution < 1.29 is 4.57 Å². The Morgan fingerprint density at radius 2 is 1.39 bits per heavy atom. The molecule has 2 nitrogen and oxygen atoms in total. The van der Waals surface area contributed by atoms with Gasteiger partial charge in [-0.2, -0.15) is 0 Å². The normalized spacial score (nSPS) is 11.2. The SMILES string of the molecule is CCCCCCCCCCc1n(CCCC)cc[n+]1CCCc1ccccc1. The maximum absolute atomic E-state index is 2.53. The molecule has 0 aliphatic heterocycles. The minimum atomic E-state index is 1.14. The zero-order valence-corrected chi connectivity index (χ0v) is 18.5. The Kier molecular flexibility index (Phi) is 11.7. The molecule has 1 aromatic carbocycles. The van der Waals surface area contributed by atoms with Crippen LogP contribution in [0, 0.1) is 0 Å². The van der Waals surface area contributed by atoms with Gasteiger partial charge in [-0.3, -0.25) is 0 Å². The van der Waals surface area contributed by atoms with Crippen LogP contribution in [0.2, 0.25) is 0 Å². The third kappa shape index (κ3) is 8.63. The quantitative estimate of drug-likeness (QED) is 0.220. The molecule has 0 aliphatic rings. The molecular weight excluding hydrogens is 340 g/mol. The van der Waals surface area contributed by atoms with Crippen LogP contribution in [0.15, 0.2) is 42.7 Å². The molecule has 2 rings (SSSR count). The average Bonchev–Trinajstić information content (AvgIpc) is 3.11. The highest BCUT2D eigenvalue weighted by Gasteiger charge is 2.16. The third-order valence-electron chi connectivity index (χ3n) is 5.80. The third-order valence-corrected chi connectivity index (χ3v) is 5.80. The van der Waals surface area contributed by atoms with Gasteiger partial charge in [-0.25, -0.2) is 9.13 Å². The lowest BCUT2D eigenvalue weighted by atomic mass is 10.1. The zero-order chi connectivity index (χ0) is 19.9. The molecule has 2 aromatic rings. The molecule has 2 heteroatoms. The van der Waals surface area contributed by atoms with Gasteiger partial charge in [0.05, 0.1) is 13.1 Å². The number of unbranched alkanes of at least 4 members (excludes halogenated alkanes) is 8. The van der Waals surface area contributed by atoms with Gasteiger partial charge < -0.3 is 0 Å². The fraction of sp³-hybridized carbons (Fsp3) is 0.654. The number of aromatic nitrogens is 2. The Morgan fingerprint density at radius 1 is 0.714 bits per heavy atom. The number of rotatable bonds is 16. The van der Waals surface area contributed by atoms with Crippen LogP contribution in [-0.2, 0) is 25.9 Å². The minimum absolute atomic E-state index is 1.14. The van der Waals surface area contributed by atoms with Gasteiger partial charge in [0, 0.05) is 6.42 Å². The molecule has 0 bridgehead atoms. The molecule has 0 fully saturated rings. The maximum atomic E-state index is 2.53. The molecule has 0 aliphatic carbocycles. The van der Waals surface area contributed by atoms with Crippen molar-refractivity contribution in [3.8, 4) is 0 Å². The van der Waals surface area contributed by atoms with Crippen molar-refractivity contribution >= 4 is 0 Å². The highest BCUT2D eigenvalue weighted by Crippen LogP contribution is 2.11. The summed E-state index contributed by atoms with van der Waals surface area (Å²) < 4.78 is 5.05. The Balaban J connectivity index is 1.78. The molecule has 0 atom stereocenters. The van der Waals surface area contributed by atoms with Crippen LogP contribution in [0.1, 0.15) is 95.9 Å². The van der Waals surface area contributed by atoms with Crippen LogP contribution in [-0.4, -0.2) is 4.57 Å². The van der Waals surface area contributed by atoms with Crippen molar-refractivity contribution in [2.45, 2.75) is 110 Å². The number of hydrogen-bond acceptors (Lipinski definition) is 0. The van der Waals surface area contributed by atoms with Crippen molar-refractivity contribution in [2.24, 2.45) is 0 Å². The molecule has 28 heavy (non-hydrogen) atoms. The lowest BCUT2D eigenvalue weighted by Crippen LogP contribution is -2.37. The summed E-state index contributed by atoms with van der Waals surface area (Å²) >= 11 is 0. The summed E-state index contributed by atoms with van der Waals surface area (Å²) in [6, 6.07) is 10.9. The van der Waals surface area contributed by atoms with Crippen LogP contribution in [0.3, 0.4) is 0 Å². The fourth-order valence-electron chi connectivity index (χ4n) is 4.04. The van der Waals surface area contributed by atoms with E-state index in [1.165, 1.54) is 95.6 Å². The van der Waals surface area contributed by atoms with Gasteiger partial charge in [-0.15, -0.1) is 0 Å². The van der Waals surface area contributed by atoms with Crippen LogP contribution in [0.4, 0.5) is 0 Å². The average molecular weight is 384 g/mol. The smallest absolute Gasteiger partial charge is 0.234 e. The minimum Gasteiger partial charge on any atom is -0.234 e. The molecule has 1 heterocycles. The molecule has 0 unspecified atom stereocenters. The first-order valence-electron chi connectivity index (χ1n) is 12.0. The number of nitrogens with zero attached hydrogens (tertiary/aromatic N) is 2. The second-order valence-corrected chi connectivity index (χ2v) is 8.27. The van der Waals surface area contributed by atoms with E-state index in [9.17, 15) is 0 Å².